The van der Waals surface area contributed by atoms with Gasteiger partial charge in [-0.25, -0.2) is 9.97 Å². The van der Waals surface area contributed by atoms with Gasteiger partial charge in [-0.15, -0.1) is 6.58 Å². The van der Waals surface area contributed by atoms with Crippen molar-refractivity contribution in [3.05, 3.63) is 29.7 Å². The van der Waals surface area contributed by atoms with Crippen LogP contribution in [0.5, 0.6) is 0 Å². The first-order valence-corrected chi connectivity index (χ1v) is 4.40. The lowest BCUT2D eigenvalue weighted by Crippen LogP contribution is -2.11. The Morgan fingerprint density at radius 3 is 2.92 bits per heavy atom. The fourth-order valence-corrected chi connectivity index (χ4v) is 0.907. The second kappa shape index (κ2) is 4.71. The first-order chi connectivity index (χ1) is 6.22. The summed E-state index contributed by atoms with van der Waals surface area (Å²) >= 11 is 3.14. The van der Waals surface area contributed by atoms with Crippen molar-refractivity contribution in [3.63, 3.8) is 0 Å². The first-order valence-electron chi connectivity index (χ1n) is 3.60. The average Bonchev–Trinajstić information content (AvgIpc) is 2.09. The number of halogens is 1. The summed E-state index contributed by atoms with van der Waals surface area (Å²) in [6.07, 6.45) is 4.80. The van der Waals surface area contributed by atoms with E-state index in [0.29, 0.717) is 10.4 Å². The molecule has 1 N–H and O–H groups in total. The summed E-state index contributed by atoms with van der Waals surface area (Å²) in [7, 11) is 0. The number of carbonyl (C=O) groups excluding carboxylic acids is 1. The molecular formula is C8H8BrN3O. The van der Waals surface area contributed by atoms with E-state index in [4.69, 9.17) is 0 Å². The van der Waals surface area contributed by atoms with Gasteiger partial charge in [-0.2, -0.15) is 0 Å². The van der Waals surface area contributed by atoms with Gasteiger partial charge in [0.1, 0.15) is 4.60 Å². The number of carbonyl (C=O) groups is 1. The molecule has 1 amide bonds. The van der Waals surface area contributed by atoms with Gasteiger partial charge in [0.05, 0.1) is 12.4 Å². The van der Waals surface area contributed by atoms with Crippen molar-refractivity contribution >= 4 is 27.7 Å². The van der Waals surface area contributed by atoms with Crippen molar-refractivity contribution in [3.8, 4) is 0 Å². The summed E-state index contributed by atoms with van der Waals surface area (Å²) in [5.41, 5.74) is 0. The molecule has 0 aliphatic carbocycles. The molecule has 0 radical (unpaired) electrons. The zero-order chi connectivity index (χ0) is 9.68. The van der Waals surface area contributed by atoms with Gasteiger partial charge in [-0.05, 0) is 15.9 Å². The molecule has 1 aromatic heterocycles. The lowest BCUT2D eigenvalue weighted by molar-refractivity contribution is -0.115. The van der Waals surface area contributed by atoms with E-state index in [1.165, 1.54) is 18.5 Å². The maximum absolute atomic E-state index is 11.0. The van der Waals surface area contributed by atoms with Crippen LogP contribution in [0.15, 0.2) is 29.7 Å². The van der Waals surface area contributed by atoms with Crippen molar-refractivity contribution in [2.24, 2.45) is 0 Å². The minimum atomic E-state index is -0.147. The fourth-order valence-electron chi connectivity index (χ4n) is 0.702. The van der Waals surface area contributed by atoms with Crippen molar-refractivity contribution in [1.29, 1.82) is 0 Å². The largest absolute Gasteiger partial charge is 0.309 e. The van der Waals surface area contributed by atoms with Gasteiger partial charge in [-0.3, -0.25) is 4.79 Å². The molecular weight excluding hydrogens is 234 g/mol. The Kier molecular flexibility index (Phi) is 3.57. The number of amides is 1. The minimum Gasteiger partial charge on any atom is -0.309 e. The summed E-state index contributed by atoms with van der Waals surface area (Å²) in [5.74, 6) is 0.293. The Bertz CT molecular complexity index is 310. The summed E-state index contributed by atoms with van der Waals surface area (Å²) in [5, 5.41) is 2.57. The van der Waals surface area contributed by atoms with E-state index in [2.05, 4.69) is 37.8 Å². The van der Waals surface area contributed by atoms with Gasteiger partial charge in [0.25, 0.3) is 0 Å². The van der Waals surface area contributed by atoms with E-state index < -0.39 is 0 Å². The van der Waals surface area contributed by atoms with Gasteiger partial charge >= 0.3 is 0 Å². The highest BCUT2D eigenvalue weighted by Crippen LogP contribution is 2.06. The normalized spacial score (nSPS) is 9.31. The van der Waals surface area contributed by atoms with Crippen molar-refractivity contribution in [1.82, 2.24) is 9.97 Å². The Balaban J connectivity index is 2.59. The summed E-state index contributed by atoms with van der Waals surface area (Å²) in [4.78, 5) is 18.9. The van der Waals surface area contributed by atoms with E-state index in [9.17, 15) is 4.79 Å². The number of hydrogen-bond donors (Lipinski definition) is 1. The molecule has 0 atom stereocenters. The molecule has 0 unspecified atom stereocenters. The molecule has 13 heavy (non-hydrogen) atoms. The molecule has 5 heteroatoms. The zero-order valence-electron chi connectivity index (χ0n) is 6.83. The Labute approximate surface area is 84.2 Å². The molecule has 0 aromatic carbocycles. The molecule has 1 rings (SSSR count). The molecule has 0 aliphatic rings. The SMILES string of the molecule is C=CCC(=O)Nc1cnc(Br)cn1. The molecule has 1 aromatic rings. The monoisotopic (exact) mass is 241 g/mol. The summed E-state index contributed by atoms with van der Waals surface area (Å²) < 4.78 is 0.634. The van der Waals surface area contributed by atoms with Crippen LogP contribution in [0.2, 0.25) is 0 Å². The highest BCUT2D eigenvalue weighted by molar-refractivity contribution is 9.10. The lowest BCUT2D eigenvalue weighted by atomic mass is 10.4. The zero-order valence-corrected chi connectivity index (χ0v) is 8.41. The molecule has 0 bridgehead atoms. The molecule has 1 heterocycles. The van der Waals surface area contributed by atoms with Crippen LogP contribution in [-0.2, 0) is 4.79 Å². The van der Waals surface area contributed by atoms with E-state index in [-0.39, 0.29) is 12.3 Å². The third kappa shape index (κ3) is 3.33. The van der Waals surface area contributed by atoms with Crippen LogP contribution in [0.1, 0.15) is 6.42 Å². The summed E-state index contributed by atoms with van der Waals surface area (Å²) in [6, 6.07) is 0. The topological polar surface area (TPSA) is 54.9 Å². The van der Waals surface area contributed by atoms with Crippen molar-refractivity contribution in [2.75, 3.05) is 5.32 Å². The second-order valence-corrected chi connectivity index (χ2v) is 3.08. The van der Waals surface area contributed by atoms with Gasteiger partial charge in [-0.1, -0.05) is 6.08 Å². The first kappa shape index (κ1) is 9.85. The molecule has 0 spiro atoms. The van der Waals surface area contributed by atoms with Crippen molar-refractivity contribution in [2.45, 2.75) is 6.42 Å². The molecule has 0 saturated carbocycles. The maximum Gasteiger partial charge on any atom is 0.229 e. The van der Waals surface area contributed by atoms with Gasteiger partial charge < -0.3 is 5.32 Å². The van der Waals surface area contributed by atoms with Gasteiger partial charge in [0, 0.05) is 6.42 Å². The fraction of sp³-hybridized carbons (Fsp3) is 0.125. The smallest absolute Gasteiger partial charge is 0.229 e. The van der Waals surface area contributed by atoms with Crippen LogP contribution < -0.4 is 5.32 Å². The maximum atomic E-state index is 11.0. The number of anilines is 1. The molecule has 0 saturated heterocycles. The number of hydrogen-bond acceptors (Lipinski definition) is 3. The van der Waals surface area contributed by atoms with Crippen LogP contribution in [0.25, 0.3) is 0 Å². The Morgan fingerprint density at radius 1 is 1.62 bits per heavy atom. The van der Waals surface area contributed by atoms with Crippen LogP contribution in [-0.4, -0.2) is 15.9 Å². The number of rotatable bonds is 3. The van der Waals surface area contributed by atoms with Crippen molar-refractivity contribution < 1.29 is 4.79 Å². The molecule has 68 valence electrons. The predicted octanol–water partition coefficient (Wildman–Crippen LogP) is 1.75. The standard InChI is InChI=1S/C8H8BrN3O/c1-2-3-8(13)12-7-5-10-6(9)4-11-7/h2,4-5H,1,3H2,(H,11,12,13). The highest BCUT2D eigenvalue weighted by atomic mass is 79.9. The predicted molar refractivity (Wildman–Crippen MR) is 53.2 cm³/mol. The van der Waals surface area contributed by atoms with Crippen LogP contribution in [0.3, 0.4) is 0 Å². The molecule has 4 nitrogen and oxygen atoms in total. The molecule has 0 fully saturated rings. The second-order valence-electron chi connectivity index (χ2n) is 2.27. The highest BCUT2D eigenvalue weighted by Gasteiger charge is 2.00. The van der Waals surface area contributed by atoms with E-state index in [1.807, 2.05) is 0 Å². The van der Waals surface area contributed by atoms with Gasteiger partial charge in [0.2, 0.25) is 5.91 Å². The number of nitrogens with zero attached hydrogens (tertiary/aromatic N) is 2. The number of nitrogens with one attached hydrogen (secondary N) is 1. The summed E-state index contributed by atoms with van der Waals surface area (Å²) in [6.45, 7) is 3.45. The van der Waals surface area contributed by atoms with E-state index >= 15 is 0 Å². The number of aromatic nitrogens is 2. The Hall–Kier alpha value is -1.23. The Morgan fingerprint density at radius 2 is 2.38 bits per heavy atom. The lowest BCUT2D eigenvalue weighted by Gasteiger charge is -2.00. The third-order valence-electron chi connectivity index (χ3n) is 1.22. The molecule has 0 aliphatic heterocycles. The quantitative estimate of drug-likeness (QED) is 0.821. The van der Waals surface area contributed by atoms with Crippen LogP contribution in [0.4, 0.5) is 5.82 Å². The van der Waals surface area contributed by atoms with Crippen LogP contribution in [0, 0.1) is 0 Å². The van der Waals surface area contributed by atoms with Crippen LogP contribution >= 0.6 is 15.9 Å². The average molecular weight is 242 g/mol. The van der Waals surface area contributed by atoms with E-state index in [0.717, 1.165) is 0 Å². The minimum absolute atomic E-state index is 0.147. The third-order valence-corrected chi connectivity index (χ3v) is 1.63. The van der Waals surface area contributed by atoms with Gasteiger partial charge in [0.15, 0.2) is 5.82 Å². The van der Waals surface area contributed by atoms with E-state index in [1.54, 1.807) is 0 Å².